The summed E-state index contributed by atoms with van der Waals surface area (Å²) in [5.74, 6) is 0. The third kappa shape index (κ3) is 4.80. The van der Waals surface area contributed by atoms with Crippen molar-refractivity contribution >= 4 is 23.7 Å². The van der Waals surface area contributed by atoms with Gasteiger partial charge in [-0.15, -0.1) is 23.7 Å². The molecular weight excluding hydrogens is 244 g/mol. The largest absolute Gasteiger partial charge is 0.379 e. The zero-order valence-electron chi connectivity index (χ0n) is 9.35. The molecule has 0 saturated carbocycles. The molecule has 0 amide bonds. The molecule has 5 heteroatoms. The van der Waals surface area contributed by atoms with Gasteiger partial charge >= 0.3 is 0 Å². The fourth-order valence-electron chi connectivity index (χ4n) is 1.69. The predicted octanol–water partition coefficient (Wildman–Crippen LogP) is 1.59. The van der Waals surface area contributed by atoms with Gasteiger partial charge in [-0.2, -0.15) is 0 Å². The smallest absolute Gasteiger partial charge is 0.0594 e. The molecule has 0 spiro atoms. The Balaban J connectivity index is 0.00000128. The highest BCUT2D eigenvalue weighted by molar-refractivity contribution is 7.09. The van der Waals surface area contributed by atoms with Gasteiger partial charge in [0.2, 0.25) is 0 Å². The van der Waals surface area contributed by atoms with E-state index in [1.165, 1.54) is 4.88 Å². The molecule has 0 aromatic carbocycles. The third-order valence-electron chi connectivity index (χ3n) is 2.59. The van der Waals surface area contributed by atoms with Gasteiger partial charge in [-0.25, -0.2) is 0 Å². The summed E-state index contributed by atoms with van der Waals surface area (Å²) in [4.78, 5) is 3.86. The summed E-state index contributed by atoms with van der Waals surface area (Å²) in [5.41, 5.74) is 0. The van der Waals surface area contributed by atoms with Crippen molar-refractivity contribution in [1.82, 2.24) is 10.2 Å². The lowest BCUT2D eigenvalue weighted by atomic mass is 10.4. The minimum absolute atomic E-state index is 0. The van der Waals surface area contributed by atoms with Gasteiger partial charge in [0.1, 0.15) is 0 Å². The van der Waals surface area contributed by atoms with E-state index in [1.54, 1.807) is 0 Å². The molecule has 0 bridgehead atoms. The van der Waals surface area contributed by atoms with Crippen molar-refractivity contribution in [1.29, 1.82) is 0 Å². The highest BCUT2D eigenvalue weighted by Gasteiger charge is 2.08. The second kappa shape index (κ2) is 8.03. The molecule has 1 saturated heterocycles. The van der Waals surface area contributed by atoms with Crippen LogP contribution in [0.2, 0.25) is 0 Å². The van der Waals surface area contributed by atoms with Gasteiger partial charge in [-0.3, -0.25) is 4.90 Å². The topological polar surface area (TPSA) is 24.5 Å². The van der Waals surface area contributed by atoms with E-state index in [0.717, 1.165) is 45.9 Å². The number of hydrogen-bond acceptors (Lipinski definition) is 4. The van der Waals surface area contributed by atoms with Crippen LogP contribution in [-0.2, 0) is 11.3 Å². The summed E-state index contributed by atoms with van der Waals surface area (Å²) in [5, 5.41) is 5.59. The zero-order chi connectivity index (χ0) is 10.3. The van der Waals surface area contributed by atoms with Crippen LogP contribution in [0.25, 0.3) is 0 Å². The standard InChI is InChI=1S/C11H18N2OS.ClH/c1-2-11(15-9-1)10-12-3-4-13-5-7-14-8-6-13;/h1-2,9,12H,3-8,10H2;1H. The lowest BCUT2D eigenvalue weighted by molar-refractivity contribution is 0.0384. The highest BCUT2D eigenvalue weighted by atomic mass is 35.5. The Morgan fingerprint density at radius 1 is 1.38 bits per heavy atom. The normalized spacial score (nSPS) is 17.0. The molecule has 3 nitrogen and oxygen atoms in total. The Kier molecular flexibility index (Phi) is 7.00. The van der Waals surface area contributed by atoms with Crippen LogP contribution in [0.5, 0.6) is 0 Å². The monoisotopic (exact) mass is 262 g/mol. The summed E-state index contributed by atoms with van der Waals surface area (Å²) in [6.07, 6.45) is 0. The fraction of sp³-hybridized carbons (Fsp3) is 0.636. The number of nitrogens with zero attached hydrogens (tertiary/aromatic N) is 1. The molecule has 0 atom stereocenters. The molecule has 1 aromatic rings. The second-order valence-electron chi connectivity index (χ2n) is 3.71. The first-order chi connectivity index (χ1) is 7.45. The Bertz CT molecular complexity index is 263. The first kappa shape index (κ1) is 13.9. The number of thiophene rings is 1. The molecule has 1 aliphatic heterocycles. The molecular formula is C11H19ClN2OS. The summed E-state index contributed by atoms with van der Waals surface area (Å²) >= 11 is 1.81. The van der Waals surface area contributed by atoms with Crippen molar-refractivity contribution in [2.75, 3.05) is 39.4 Å². The molecule has 0 unspecified atom stereocenters. The molecule has 2 heterocycles. The van der Waals surface area contributed by atoms with Crippen LogP contribution in [0, 0.1) is 0 Å². The van der Waals surface area contributed by atoms with E-state index in [0.29, 0.717) is 0 Å². The summed E-state index contributed by atoms with van der Waals surface area (Å²) in [6.45, 7) is 7.16. The van der Waals surface area contributed by atoms with Crippen molar-refractivity contribution in [2.45, 2.75) is 6.54 Å². The molecule has 1 aliphatic rings. The highest BCUT2D eigenvalue weighted by Crippen LogP contribution is 2.07. The summed E-state index contributed by atoms with van der Waals surface area (Å²) < 4.78 is 5.30. The van der Waals surface area contributed by atoms with Gasteiger partial charge in [0.05, 0.1) is 13.2 Å². The first-order valence-electron chi connectivity index (χ1n) is 5.48. The van der Waals surface area contributed by atoms with Crippen LogP contribution in [0.4, 0.5) is 0 Å². The van der Waals surface area contributed by atoms with Crippen molar-refractivity contribution in [3.05, 3.63) is 22.4 Å². The summed E-state index contributed by atoms with van der Waals surface area (Å²) in [6, 6.07) is 4.27. The van der Waals surface area contributed by atoms with Crippen LogP contribution in [-0.4, -0.2) is 44.3 Å². The number of ether oxygens (including phenoxy) is 1. The van der Waals surface area contributed by atoms with Crippen molar-refractivity contribution < 1.29 is 4.74 Å². The van der Waals surface area contributed by atoms with Gasteiger partial charge in [-0.05, 0) is 11.4 Å². The maximum Gasteiger partial charge on any atom is 0.0594 e. The SMILES string of the molecule is Cl.c1csc(CNCCN2CCOCC2)c1. The Hall–Kier alpha value is -0.130. The van der Waals surface area contributed by atoms with E-state index in [2.05, 4.69) is 27.7 Å². The average molecular weight is 263 g/mol. The Labute approximate surface area is 107 Å². The number of morpholine rings is 1. The van der Waals surface area contributed by atoms with E-state index in [-0.39, 0.29) is 12.4 Å². The number of rotatable bonds is 5. The van der Waals surface area contributed by atoms with E-state index >= 15 is 0 Å². The molecule has 1 N–H and O–H groups in total. The first-order valence-corrected chi connectivity index (χ1v) is 6.36. The number of hydrogen-bond donors (Lipinski definition) is 1. The maximum atomic E-state index is 5.30. The van der Waals surface area contributed by atoms with Gasteiger partial charge < -0.3 is 10.1 Å². The Morgan fingerprint density at radius 3 is 2.88 bits per heavy atom. The fourth-order valence-corrected chi connectivity index (χ4v) is 2.36. The number of halogens is 1. The second-order valence-corrected chi connectivity index (χ2v) is 4.74. The van der Waals surface area contributed by atoms with Crippen LogP contribution in [0.1, 0.15) is 4.88 Å². The summed E-state index contributed by atoms with van der Waals surface area (Å²) in [7, 11) is 0. The van der Waals surface area contributed by atoms with Crippen LogP contribution < -0.4 is 5.32 Å². The van der Waals surface area contributed by atoms with Crippen molar-refractivity contribution in [2.24, 2.45) is 0 Å². The lowest BCUT2D eigenvalue weighted by Crippen LogP contribution is -2.40. The van der Waals surface area contributed by atoms with Crippen molar-refractivity contribution in [3.8, 4) is 0 Å². The zero-order valence-corrected chi connectivity index (χ0v) is 11.0. The Morgan fingerprint density at radius 2 is 2.19 bits per heavy atom. The van der Waals surface area contributed by atoms with E-state index < -0.39 is 0 Å². The minimum atomic E-state index is 0. The maximum absolute atomic E-state index is 5.30. The van der Waals surface area contributed by atoms with E-state index in [1.807, 2.05) is 11.3 Å². The molecule has 1 aromatic heterocycles. The molecule has 92 valence electrons. The lowest BCUT2D eigenvalue weighted by Gasteiger charge is -2.26. The van der Waals surface area contributed by atoms with Crippen LogP contribution in [0.15, 0.2) is 17.5 Å². The van der Waals surface area contributed by atoms with E-state index in [9.17, 15) is 0 Å². The predicted molar refractivity (Wildman–Crippen MR) is 70.5 cm³/mol. The minimum Gasteiger partial charge on any atom is -0.379 e. The quantitative estimate of drug-likeness (QED) is 0.816. The molecule has 2 rings (SSSR count). The van der Waals surface area contributed by atoms with Gasteiger partial charge in [-0.1, -0.05) is 6.07 Å². The number of nitrogens with one attached hydrogen (secondary N) is 1. The molecule has 0 radical (unpaired) electrons. The van der Waals surface area contributed by atoms with Crippen LogP contribution in [0.3, 0.4) is 0 Å². The molecule has 0 aliphatic carbocycles. The van der Waals surface area contributed by atoms with Gasteiger partial charge in [0.25, 0.3) is 0 Å². The van der Waals surface area contributed by atoms with Crippen LogP contribution >= 0.6 is 23.7 Å². The average Bonchev–Trinajstić information content (AvgIpc) is 2.79. The third-order valence-corrected chi connectivity index (χ3v) is 3.46. The van der Waals surface area contributed by atoms with Gasteiger partial charge in [0, 0.05) is 37.6 Å². The van der Waals surface area contributed by atoms with Gasteiger partial charge in [0.15, 0.2) is 0 Å². The molecule has 1 fully saturated rings. The van der Waals surface area contributed by atoms with E-state index in [4.69, 9.17) is 4.74 Å². The molecule has 16 heavy (non-hydrogen) atoms. The van der Waals surface area contributed by atoms with Crippen molar-refractivity contribution in [3.63, 3.8) is 0 Å².